The monoisotopic (exact) mass is 629 g/mol. The summed E-state index contributed by atoms with van der Waals surface area (Å²) in [6, 6.07) is 8.96. The van der Waals surface area contributed by atoms with Gasteiger partial charge in [-0.15, -0.1) is 0 Å². The first kappa shape index (κ1) is 32.3. The van der Waals surface area contributed by atoms with Crippen molar-refractivity contribution in [3.05, 3.63) is 64.6 Å². The molecule has 14 heteroatoms. The van der Waals surface area contributed by atoms with Crippen LogP contribution < -0.4 is 10.1 Å². The lowest BCUT2D eigenvalue weighted by atomic mass is 10.0. The highest BCUT2D eigenvalue weighted by Crippen LogP contribution is 2.29. The Kier molecular flexibility index (Phi) is 10.4. The van der Waals surface area contributed by atoms with Crippen molar-refractivity contribution in [1.29, 1.82) is 0 Å². The number of nitrogens with zero attached hydrogens (tertiary/aromatic N) is 4. The third-order valence-electron chi connectivity index (χ3n) is 7.63. The lowest BCUT2D eigenvalue weighted by molar-refractivity contribution is -0.141. The molecule has 2 heterocycles. The number of urea groups is 1. The molecule has 0 atom stereocenters. The predicted octanol–water partition coefficient (Wildman–Crippen LogP) is 2.91. The minimum Gasteiger partial charge on any atom is -0.497 e. The molecule has 2 aromatic carbocycles. The number of hydrogen-bond donors (Lipinski definition) is 2. The van der Waals surface area contributed by atoms with Crippen LogP contribution in [0, 0.1) is 5.82 Å². The number of likely N-dealkylation sites (tertiary alicyclic amines) is 1. The van der Waals surface area contributed by atoms with Crippen LogP contribution in [0.2, 0.25) is 5.02 Å². The van der Waals surface area contributed by atoms with Crippen LogP contribution >= 0.6 is 11.6 Å². The number of methoxy groups -OCH3 is 1. The number of rotatable bonds is 10. The number of carboxylic acids is 1. The SMILES string of the molecule is COc1ccc2c(c1)CCN(C1CCN(C(=O)CN(C=O)/C=C(\C(=O)N(C)CC(=O)O)c3cccc(F)c3Cl)CC1)C(=O)N2. The first-order chi connectivity index (χ1) is 21.0. The van der Waals surface area contributed by atoms with Gasteiger partial charge in [-0.05, 0) is 49.1 Å². The Labute approximate surface area is 258 Å². The van der Waals surface area contributed by atoms with Crippen molar-refractivity contribution in [2.45, 2.75) is 25.3 Å². The van der Waals surface area contributed by atoms with Gasteiger partial charge >= 0.3 is 12.0 Å². The summed E-state index contributed by atoms with van der Waals surface area (Å²) < 4.78 is 19.5. The first-order valence-electron chi connectivity index (χ1n) is 13.9. The van der Waals surface area contributed by atoms with Crippen molar-refractivity contribution in [3.63, 3.8) is 0 Å². The van der Waals surface area contributed by atoms with Gasteiger partial charge in [0.05, 0.1) is 17.7 Å². The minimum absolute atomic E-state index is 0.0645. The van der Waals surface area contributed by atoms with E-state index in [1.165, 1.54) is 19.2 Å². The van der Waals surface area contributed by atoms with Crippen molar-refractivity contribution < 1.29 is 38.2 Å². The molecule has 2 aliphatic heterocycles. The molecule has 1 saturated heterocycles. The van der Waals surface area contributed by atoms with E-state index in [0.717, 1.165) is 33.3 Å². The van der Waals surface area contributed by atoms with Gasteiger partial charge in [0.15, 0.2) is 0 Å². The molecule has 2 aliphatic rings. The second-order valence-electron chi connectivity index (χ2n) is 10.5. The molecule has 44 heavy (non-hydrogen) atoms. The number of anilines is 1. The van der Waals surface area contributed by atoms with Gasteiger partial charge in [-0.2, -0.15) is 0 Å². The van der Waals surface area contributed by atoms with Gasteiger partial charge in [-0.25, -0.2) is 9.18 Å². The molecule has 12 nitrogen and oxygen atoms in total. The second kappa shape index (κ2) is 14.2. The van der Waals surface area contributed by atoms with Crippen LogP contribution in [0.4, 0.5) is 14.9 Å². The number of amides is 5. The first-order valence-corrected chi connectivity index (χ1v) is 14.3. The molecule has 2 aromatic rings. The van der Waals surface area contributed by atoms with E-state index in [4.69, 9.17) is 21.4 Å². The van der Waals surface area contributed by atoms with Crippen molar-refractivity contribution in [1.82, 2.24) is 19.6 Å². The number of nitrogens with one attached hydrogen (secondary N) is 1. The lowest BCUT2D eigenvalue weighted by Crippen LogP contribution is -2.51. The largest absolute Gasteiger partial charge is 0.497 e. The third kappa shape index (κ3) is 7.46. The summed E-state index contributed by atoms with van der Waals surface area (Å²) in [6.45, 7) is 0.0972. The number of hydrogen-bond acceptors (Lipinski definition) is 6. The average molecular weight is 630 g/mol. The van der Waals surface area contributed by atoms with Crippen molar-refractivity contribution >= 4 is 53.1 Å². The van der Waals surface area contributed by atoms with Crippen LogP contribution in [-0.2, 0) is 25.6 Å². The Morgan fingerprint density at radius 1 is 1.16 bits per heavy atom. The zero-order valence-corrected chi connectivity index (χ0v) is 25.1. The number of fused-ring (bicyclic) bond motifs is 1. The standard InChI is InChI=1S/C30H33ClFN5O7/c1-34(17-27(40)41)29(42)23(22-4-3-5-24(32)28(22)31)15-35(18-38)16-26(39)36-11-9-20(10-12-36)37-13-8-19-14-21(44-2)6-7-25(19)33-30(37)43/h3-7,14-15,18,20H,8-13,16-17H2,1-2H3,(H,33,43)(H,40,41)/b23-15-. The molecule has 0 radical (unpaired) electrons. The van der Waals surface area contributed by atoms with Gasteiger partial charge in [-0.3, -0.25) is 19.2 Å². The normalized spacial score (nSPS) is 15.5. The number of carboxylic acid groups (broad SMARTS) is 1. The predicted molar refractivity (Wildman–Crippen MR) is 159 cm³/mol. The third-order valence-corrected chi connectivity index (χ3v) is 8.02. The van der Waals surface area contributed by atoms with Crippen molar-refractivity contribution in [2.75, 3.05) is 52.2 Å². The summed E-state index contributed by atoms with van der Waals surface area (Å²) in [5.41, 5.74) is 1.38. The second-order valence-corrected chi connectivity index (χ2v) is 10.9. The van der Waals surface area contributed by atoms with Crippen LogP contribution in [0.15, 0.2) is 42.6 Å². The average Bonchev–Trinajstić information content (AvgIpc) is 3.17. The molecule has 0 spiro atoms. The number of halogens is 2. The quantitative estimate of drug-likeness (QED) is 0.304. The molecular weight excluding hydrogens is 597 g/mol. The summed E-state index contributed by atoms with van der Waals surface area (Å²) in [4.78, 5) is 67.7. The van der Waals surface area contributed by atoms with E-state index >= 15 is 0 Å². The molecule has 234 valence electrons. The van der Waals surface area contributed by atoms with Gasteiger partial charge < -0.3 is 34.8 Å². The molecule has 1 fully saturated rings. The summed E-state index contributed by atoms with van der Waals surface area (Å²) >= 11 is 6.11. The molecular formula is C30H33ClFN5O7. The van der Waals surface area contributed by atoms with Gasteiger partial charge in [0, 0.05) is 50.2 Å². The molecule has 0 unspecified atom stereocenters. The number of likely N-dealkylation sites (N-methyl/N-ethyl adjacent to an activating group) is 1. The van der Waals surface area contributed by atoms with Crippen LogP contribution in [0.3, 0.4) is 0 Å². The minimum atomic E-state index is -1.28. The number of piperidine rings is 1. The Morgan fingerprint density at radius 2 is 1.89 bits per heavy atom. The maximum absolute atomic E-state index is 14.2. The van der Waals surface area contributed by atoms with Crippen molar-refractivity contribution in [3.8, 4) is 5.75 Å². The fourth-order valence-electron chi connectivity index (χ4n) is 5.30. The molecule has 0 aliphatic carbocycles. The van der Waals surface area contributed by atoms with E-state index in [9.17, 15) is 28.4 Å². The van der Waals surface area contributed by atoms with E-state index in [1.807, 2.05) is 12.1 Å². The number of benzene rings is 2. The van der Waals surface area contributed by atoms with E-state index in [0.29, 0.717) is 51.1 Å². The Morgan fingerprint density at radius 3 is 2.55 bits per heavy atom. The fraction of sp³-hybridized carbons (Fsp3) is 0.367. The van der Waals surface area contributed by atoms with Crippen molar-refractivity contribution in [2.24, 2.45) is 0 Å². The summed E-state index contributed by atoms with van der Waals surface area (Å²) in [7, 11) is 2.82. The maximum Gasteiger partial charge on any atom is 0.323 e. The molecule has 5 amide bonds. The highest BCUT2D eigenvalue weighted by Gasteiger charge is 2.32. The fourth-order valence-corrected chi connectivity index (χ4v) is 5.53. The molecule has 4 rings (SSSR count). The molecule has 0 bridgehead atoms. The molecule has 2 N–H and O–H groups in total. The number of carbonyl (C=O) groups is 5. The zero-order valence-electron chi connectivity index (χ0n) is 24.3. The summed E-state index contributed by atoms with van der Waals surface area (Å²) in [5, 5.41) is 11.7. The van der Waals surface area contributed by atoms with Crippen LogP contribution in [-0.4, -0.2) is 108 Å². The number of carbonyl (C=O) groups excluding carboxylic acids is 4. The Bertz CT molecular complexity index is 1480. The maximum atomic E-state index is 14.2. The van der Waals surface area contributed by atoms with Crippen LogP contribution in [0.5, 0.6) is 5.75 Å². The van der Waals surface area contributed by atoms with Gasteiger partial charge in [0.1, 0.15) is 24.7 Å². The van der Waals surface area contributed by atoms with E-state index in [-0.39, 0.29) is 23.2 Å². The zero-order chi connectivity index (χ0) is 32.0. The number of ether oxygens (including phenoxy) is 1. The number of aliphatic carboxylic acids is 1. The van der Waals surface area contributed by atoms with E-state index in [1.54, 1.807) is 23.0 Å². The topological polar surface area (TPSA) is 140 Å². The van der Waals surface area contributed by atoms with Gasteiger partial charge in [-0.1, -0.05) is 23.7 Å². The Balaban J connectivity index is 1.43. The summed E-state index contributed by atoms with van der Waals surface area (Å²) in [6.07, 6.45) is 3.10. The van der Waals surface area contributed by atoms with E-state index in [2.05, 4.69) is 5.32 Å². The van der Waals surface area contributed by atoms with Gasteiger partial charge in [0.2, 0.25) is 12.3 Å². The Hall–Kier alpha value is -4.65. The van der Waals surface area contributed by atoms with Crippen LogP contribution in [0.25, 0.3) is 5.57 Å². The van der Waals surface area contributed by atoms with Crippen LogP contribution in [0.1, 0.15) is 24.0 Å². The molecule has 0 saturated carbocycles. The van der Waals surface area contributed by atoms with E-state index < -0.39 is 41.7 Å². The lowest BCUT2D eigenvalue weighted by Gasteiger charge is -2.38. The highest BCUT2D eigenvalue weighted by atomic mass is 35.5. The summed E-state index contributed by atoms with van der Waals surface area (Å²) in [5.74, 6) is -2.62. The molecule has 0 aromatic heterocycles. The van der Waals surface area contributed by atoms with Gasteiger partial charge in [0.25, 0.3) is 5.91 Å². The highest BCUT2D eigenvalue weighted by molar-refractivity contribution is 6.35. The smallest absolute Gasteiger partial charge is 0.323 e.